The van der Waals surface area contributed by atoms with E-state index in [-0.39, 0.29) is 17.9 Å². The number of likely N-dealkylation sites (tertiary alicyclic amines) is 1. The number of β-amino-alcohol motifs (C(OH)–C–C–N with tert-alkyl or cyclic N) is 1. The average molecular weight is 418 g/mol. The topological polar surface area (TPSA) is 85.7 Å². The minimum Gasteiger partial charge on any atom is -0.391 e. The fourth-order valence-electron chi connectivity index (χ4n) is 3.70. The Balaban J connectivity index is 1.59. The van der Waals surface area contributed by atoms with Gasteiger partial charge >= 0.3 is 0 Å². The average Bonchev–Trinajstić information content (AvgIpc) is 3.24. The molecule has 2 aromatic rings. The number of aryl methyl sites for hydroxylation is 1. The van der Waals surface area contributed by atoms with Gasteiger partial charge in [0, 0.05) is 19.5 Å². The van der Waals surface area contributed by atoms with Crippen LogP contribution in [0.2, 0.25) is 0 Å². The van der Waals surface area contributed by atoms with E-state index in [9.17, 15) is 15.0 Å². The minimum atomic E-state index is -0.889. The number of aliphatic hydroxyl groups is 2. The number of benzene rings is 1. The molecule has 0 bridgehead atoms. The van der Waals surface area contributed by atoms with Gasteiger partial charge in [0.25, 0.3) is 0 Å². The SMILES string of the molecule is Cc1ncsc1-c1ccc(CN[C@@H](O)C2C[C@@H](O)CN2C(=O)CC(C)(C)C)cc1. The highest BCUT2D eigenvalue weighted by Gasteiger charge is 2.39. The second-order valence-electron chi connectivity index (χ2n) is 9.03. The Morgan fingerprint density at radius 3 is 2.62 bits per heavy atom. The number of hydrogen-bond acceptors (Lipinski definition) is 6. The van der Waals surface area contributed by atoms with Crippen molar-refractivity contribution in [3.8, 4) is 10.4 Å². The van der Waals surface area contributed by atoms with Crippen LogP contribution in [0, 0.1) is 12.3 Å². The lowest BCUT2D eigenvalue weighted by atomic mass is 9.91. The van der Waals surface area contributed by atoms with Crippen LogP contribution in [0.15, 0.2) is 29.8 Å². The van der Waals surface area contributed by atoms with E-state index in [0.717, 1.165) is 21.7 Å². The number of carbonyl (C=O) groups is 1. The molecule has 3 rings (SSSR count). The Hall–Kier alpha value is -1.80. The molecular weight excluding hydrogens is 386 g/mol. The number of carbonyl (C=O) groups excluding carboxylic acids is 1. The number of aliphatic hydroxyl groups excluding tert-OH is 2. The molecule has 0 spiro atoms. The van der Waals surface area contributed by atoms with Gasteiger partial charge in [-0.05, 0) is 29.9 Å². The molecule has 1 fully saturated rings. The summed E-state index contributed by atoms with van der Waals surface area (Å²) in [5.41, 5.74) is 4.91. The van der Waals surface area contributed by atoms with Crippen molar-refractivity contribution in [1.82, 2.24) is 15.2 Å². The summed E-state index contributed by atoms with van der Waals surface area (Å²) in [7, 11) is 0. The highest BCUT2D eigenvalue weighted by Crippen LogP contribution is 2.28. The summed E-state index contributed by atoms with van der Waals surface area (Å²) in [6.07, 6.45) is -0.712. The molecule has 1 aromatic heterocycles. The van der Waals surface area contributed by atoms with Crippen molar-refractivity contribution < 1.29 is 15.0 Å². The summed E-state index contributed by atoms with van der Waals surface area (Å²) < 4.78 is 0. The predicted octanol–water partition coefficient (Wildman–Crippen LogP) is 2.92. The molecule has 1 aliphatic heterocycles. The second-order valence-corrected chi connectivity index (χ2v) is 9.88. The molecule has 1 aromatic carbocycles. The zero-order valence-electron chi connectivity index (χ0n) is 17.6. The van der Waals surface area contributed by atoms with E-state index in [2.05, 4.69) is 22.4 Å². The fraction of sp³-hybridized carbons (Fsp3) is 0.545. The maximum atomic E-state index is 12.6. The molecule has 3 atom stereocenters. The van der Waals surface area contributed by atoms with Crippen molar-refractivity contribution in [1.29, 1.82) is 0 Å². The van der Waals surface area contributed by atoms with Gasteiger partial charge in [-0.1, -0.05) is 45.0 Å². The lowest BCUT2D eigenvalue weighted by Crippen LogP contribution is -2.49. The standard InChI is InChI=1S/C22H31N3O3S/c1-14-20(29-13-24-14)16-7-5-15(6-8-16)11-23-21(28)18-9-17(26)12-25(18)19(27)10-22(2,3)4/h5-8,13,17-18,21,23,26,28H,9-12H2,1-4H3/t17-,18?,21+/m1/s1. The molecule has 0 radical (unpaired) electrons. The van der Waals surface area contributed by atoms with Gasteiger partial charge in [0.15, 0.2) is 0 Å². The van der Waals surface area contributed by atoms with Gasteiger partial charge in [-0.3, -0.25) is 10.1 Å². The van der Waals surface area contributed by atoms with Crippen molar-refractivity contribution in [2.45, 2.75) is 65.5 Å². The Labute approximate surface area is 176 Å². The molecule has 1 unspecified atom stereocenters. The second kappa shape index (κ2) is 8.92. The van der Waals surface area contributed by atoms with E-state index in [1.54, 1.807) is 16.2 Å². The lowest BCUT2D eigenvalue weighted by molar-refractivity contribution is -0.136. The molecule has 1 amide bonds. The van der Waals surface area contributed by atoms with Crippen LogP contribution in [0.3, 0.4) is 0 Å². The van der Waals surface area contributed by atoms with Crippen molar-refractivity contribution in [2.24, 2.45) is 5.41 Å². The number of rotatable bonds is 6. The van der Waals surface area contributed by atoms with E-state index < -0.39 is 18.4 Å². The molecule has 0 saturated carbocycles. The van der Waals surface area contributed by atoms with Crippen LogP contribution in [0.25, 0.3) is 10.4 Å². The summed E-state index contributed by atoms with van der Waals surface area (Å²) >= 11 is 1.62. The third-order valence-electron chi connectivity index (χ3n) is 5.16. The summed E-state index contributed by atoms with van der Waals surface area (Å²) in [6, 6.07) is 7.75. The van der Waals surface area contributed by atoms with Gasteiger partial charge in [-0.15, -0.1) is 11.3 Å². The van der Waals surface area contributed by atoms with Gasteiger partial charge < -0.3 is 15.1 Å². The van der Waals surface area contributed by atoms with E-state index in [1.165, 1.54) is 0 Å². The van der Waals surface area contributed by atoms with Gasteiger partial charge in [-0.2, -0.15) is 0 Å². The van der Waals surface area contributed by atoms with Crippen LogP contribution in [0.5, 0.6) is 0 Å². The highest BCUT2D eigenvalue weighted by molar-refractivity contribution is 7.13. The Morgan fingerprint density at radius 2 is 2.03 bits per heavy atom. The van der Waals surface area contributed by atoms with Gasteiger partial charge in [-0.25, -0.2) is 4.98 Å². The number of aromatic nitrogens is 1. The van der Waals surface area contributed by atoms with Gasteiger partial charge in [0.1, 0.15) is 6.23 Å². The molecule has 158 valence electrons. The largest absolute Gasteiger partial charge is 0.391 e. The third kappa shape index (κ3) is 5.63. The molecular formula is C22H31N3O3S. The number of hydrogen-bond donors (Lipinski definition) is 3. The maximum absolute atomic E-state index is 12.6. The Kier molecular flexibility index (Phi) is 6.73. The first-order chi connectivity index (χ1) is 13.6. The molecule has 2 heterocycles. The first-order valence-electron chi connectivity index (χ1n) is 10.0. The number of thiazole rings is 1. The summed E-state index contributed by atoms with van der Waals surface area (Å²) in [6.45, 7) is 8.80. The smallest absolute Gasteiger partial charge is 0.223 e. The molecule has 1 saturated heterocycles. The first-order valence-corrected chi connectivity index (χ1v) is 10.9. The van der Waals surface area contributed by atoms with Crippen LogP contribution in [-0.2, 0) is 11.3 Å². The van der Waals surface area contributed by atoms with E-state index in [1.807, 2.05) is 45.3 Å². The normalized spacial score (nSPS) is 20.8. The molecule has 29 heavy (non-hydrogen) atoms. The van der Waals surface area contributed by atoms with Gasteiger partial charge in [0.2, 0.25) is 5.91 Å². The van der Waals surface area contributed by atoms with Crippen LogP contribution in [0.1, 0.15) is 44.9 Å². The molecule has 6 nitrogen and oxygen atoms in total. The lowest BCUT2D eigenvalue weighted by Gasteiger charge is -2.31. The van der Waals surface area contributed by atoms with Gasteiger partial charge in [0.05, 0.1) is 28.2 Å². The molecule has 1 aliphatic rings. The molecule has 3 N–H and O–H groups in total. The number of nitrogens with zero attached hydrogens (tertiary/aromatic N) is 2. The van der Waals surface area contributed by atoms with Crippen LogP contribution in [-0.4, -0.2) is 50.9 Å². The zero-order chi connectivity index (χ0) is 21.2. The van der Waals surface area contributed by atoms with Crippen molar-refractivity contribution >= 4 is 17.2 Å². The van der Waals surface area contributed by atoms with Crippen molar-refractivity contribution in [3.63, 3.8) is 0 Å². The van der Waals surface area contributed by atoms with E-state index >= 15 is 0 Å². The Morgan fingerprint density at radius 1 is 1.34 bits per heavy atom. The fourth-order valence-corrected chi connectivity index (χ4v) is 4.51. The zero-order valence-corrected chi connectivity index (χ0v) is 18.4. The highest BCUT2D eigenvalue weighted by atomic mass is 32.1. The monoisotopic (exact) mass is 417 g/mol. The van der Waals surface area contributed by atoms with Crippen molar-refractivity contribution in [2.75, 3.05) is 6.54 Å². The van der Waals surface area contributed by atoms with Crippen LogP contribution in [0.4, 0.5) is 0 Å². The Bertz CT molecular complexity index is 829. The number of nitrogens with one attached hydrogen (secondary N) is 1. The first kappa shape index (κ1) is 21.9. The quantitative estimate of drug-likeness (QED) is 0.629. The maximum Gasteiger partial charge on any atom is 0.223 e. The summed E-state index contributed by atoms with van der Waals surface area (Å²) in [5.74, 6) is -0.0239. The third-order valence-corrected chi connectivity index (χ3v) is 6.14. The summed E-state index contributed by atoms with van der Waals surface area (Å²) in [4.78, 5) is 19.7. The number of amides is 1. The predicted molar refractivity (Wildman–Crippen MR) is 115 cm³/mol. The van der Waals surface area contributed by atoms with E-state index in [0.29, 0.717) is 19.4 Å². The van der Waals surface area contributed by atoms with Crippen LogP contribution >= 0.6 is 11.3 Å². The molecule has 0 aliphatic carbocycles. The molecule has 7 heteroatoms. The van der Waals surface area contributed by atoms with Crippen LogP contribution < -0.4 is 5.32 Å². The minimum absolute atomic E-state index is 0.0239. The summed E-state index contributed by atoms with van der Waals surface area (Å²) in [5, 5.41) is 23.8. The van der Waals surface area contributed by atoms with Crippen molar-refractivity contribution in [3.05, 3.63) is 41.0 Å². The van der Waals surface area contributed by atoms with E-state index in [4.69, 9.17) is 0 Å².